The molecule has 144 valence electrons. The van der Waals surface area contributed by atoms with Crippen LogP contribution < -0.4 is 16.2 Å². The minimum absolute atomic E-state index is 0.117. The second-order valence-corrected chi connectivity index (χ2v) is 6.62. The molecule has 0 fully saturated rings. The van der Waals surface area contributed by atoms with Crippen molar-refractivity contribution in [3.05, 3.63) is 69.8 Å². The maximum Gasteiger partial charge on any atom is 0.258 e. The van der Waals surface area contributed by atoms with Gasteiger partial charge in [-0.1, -0.05) is 30.3 Å². The topological polar surface area (TPSA) is 104 Å². The molecule has 0 atom stereocenters. The highest BCUT2D eigenvalue weighted by molar-refractivity contribution is 5.95. The third-order valence-corrected chi connectivity index (χ3v) is 4.44. The Bertz CT molecular complexity index is 1070. The van der Waals surface area contributed by atoms with Gasteiger partial charge in [0.05, 0.1) is 17.4 Å². The van der Waals surface area contributed by atoms with E-state index in [0.717, 1.165) is 16.8 Å². The van der Waals surface area contributed by atoms with Gasteiger partial charge in [-0.15, -0.1) is 0 Å². The molecule has 0 saturated heterocycles. The van der Waals surface area contributed by atoms with Crippen LogP contribution in [-0.4, -0.2) is 28.3 Å². The van der Waals surface area contributed by atoms with E-state index in [-0.39, 0.29) is 36.8 Å². The van der Waals surface area contributed by atoms with Gasteiger partial charge in [0.1, 0.15) is 5.82 Å². The molecule has 3 N–H and O–H groups in total. The van der Waals surface area contributed by atoms with E-state index in [9.17, 15) is 14.4 Å². The second kappa shape index (κ2) is 8.47. The summed E-state index contributed by atoms with van der Waals surface area (Å²) in [5.41, 5.74) is 3.06. The predicted octanol–water partition coefficient (Wildman–Crippen LogP) is 2.23. The molecule has 3 rings (SSSR count). The molecule has 1 aromatic heterocycles. The van der Waals surface area contributed by atoms with Crippen molar-refractivity contribution in [3.63, 3.8) is 0 Å². The molecule has 0 aliphatic heterocycles. The highest BCUT2D eigenvalue weighted by atomic mass is 16.2. The first-order valence-corrected chi connectivity index (χ1v) is 9.05. The number of carbonyl (C=O) groups excluding carboxylic acids is 2. The van der Waals surface area contributed by atoms with Crippen molar-refractivity contribution in [2.45, 2.75) is 26.7 Å². The van der Waals surface area contributed by atoms with E-state index < -0.39 is 0 Å². The number of aromatic nitrogens is 2. The highest BCUT2D eigenvalue weighted by Crippen LogP contribution is 2.19. The van der Waals surface area contributed by atoms with Crippen LogP contribution in [0.5, 0.6) is 0 Å². The van der Waals surface area contributed by atoms with Gasteiger partial charge < -0.3 is 15.6 Å². The summed E-state index contributed by atoms with van der Waals surface area (Å²) < 4.78 is 0. The molecule has 0 aliphatic rings. The van der Waals surface area contributed by atoms with Crippen LogP contribution in [0, 0.1) is 13.8 Å². The fourth-order valence-electron chi connectivity index (χ4n) is 2.95. The fraction of sp³-hybridized carbons (Fsp3) is 0.238. The summed E-state index contributed by atoms with van der Waals surface area (Å²) in [6, 6.07) is 12.8. The number of amides is 2. The number of aryl methyl sites for hydroxylation is 3. The fourth-order valence-corrected chi connectivity index (χ4v) is 2.95. The molecule has 1 heterocycles. The lowest BCUT2D eigenvalue weighted by Gasteiger charge is -2.12. The van der Waals surface area contributed by atoms with Crippen LogP contribution in [0.3, 0.4) is 0 Å². The minimum atomic E-state index is -0.289. The Morgan fingerprint density at radius 3 is 2.46 bits per heavy atom. The van der Waals surface area contributed by atoms with Crippen LogP contribution in [0.1, 0.15) is 23.4 Å². The smallest absolute Gasteiger partial charge is 0.258 e. The monoisotopic (exact) mass is 378 g/mol. The lowest BCUT2D eigenvalue weighted by molar-refractivity contribution is -0.124. The third kappa shape index (κ3) is 4.62. The van der Waals surface area contributed by atoms with Crippen molar-refractivity contribution >= 4 is 28.4 Å². The average molecular weight is 378 g/mol. The SMILES string of the molecule is Cc1cccc(C)c1NC(=O)CNC(=O)CCc1nc2ccccc2c(=O)[nH]1. The minimum Gasteiger partial charge on any atom is -0.347 e. The van der Waals surface area contributed by atoms with Crippen molar-refractivity contribution in [3.8, 4) is 0 Å². The summed E-state index contributed by atoms with van der Waals surface area (Å²) in [6.07, 6.45) is 0.405. The van der Waals surface area contributed by atoms with Crippen molar-refractivity contribution in [1.29, 1.82) is 0 Å². The number of H-pyrrole nitrogens is 1. The molecule has 2 amide bonds. The number of fused-ring (bicyclic) bond motifs is 1. The molecule has 7 heteroatoms. The van der Waals surface area contributed by atoms with Crippen LogP contribution in [0.4, 0.5) is 5.69 Å². The van der Waals surface area contributed by atoms with Crippen LogP contribution in [0.25, 0.3) is 10.9 Å². The molecule has 0 aliphatic carbocycles. The largest absolute Gasteiger partial charge is 0.347 e. The van der Waals surface area contributed by atoms with Crippen molar-refractivity contribution in [2.24, 2.45) is 0 Å². The van der Waals surface area contributed by atoms with Gasteiger partial charge in [-0.25, -0.2) is 4.98 Å². The molecule has 0 spiro atoms. The number of carbonyl (C=O) groups is 2. The van der Waals surface area contributed by atoms with E-state index in [2.05, 4.69) is 20.6 Å². The number of hydrogen-bond acceptors (Lipinski definition) is 4. The average Bonchev–Trinajstić information content (AvgIpc) is 2.68. The molecule has 2 aromatic carbocycles. The van der Waals surface area contributed by atoms with Gasteiger partial charge in [0.2, 0.25) is 11.8 Å². The van der Waals surface area contributed by atoms with E-state index in [4.69, 9.17) is 0 Å². The van der Waals surface area contributed by atoms with Gasteiger partial charge in [-0.3, -0.25) is 14.4 Å². The third-order valence-electron chi connectivity index (χ3n) is 4.44. The number of benzene rings is 2. The number of rotatable bonds is 6. The van der Waals surface area contributed by atoms with Crippen LogP contribution in [-0.2, 0) is 16.0 Å². The zero-order valence-electron chi connectivity index (χ0n) is 15.8. The number of hydrogen-bond donors (Lipinski definition) is 3. The molecule has 0 unspecified atom stereocenters. The number of para-hydroxylation sites is 2. The number of anilines is 1. The standard InChI is InChI=1S/C21H22N4O3/c1-13-6-5-7-14(2)20(13)25-19(27)12-22-18(26)11-10-17-23-16-9-4-3-8-15(16)21(28)24-17/h3-9H,10-12H2,1-2H3,(H,22,26)(H,25,27)(H,23,24,28). The molecule has 3 aromatic rings. The quantitative estimate of drug-likeness (QED) is 0.612. The Morgan fingerprint density at radius 1 is 1.00 bits per heavy atom. The van der Waals surface area contributed by atoms with Gasteiger partial charge in [0.25, 0.3) is 5.56 Å². The first kappa shape index (κ1) is 19.3. The molecular formula is C21H22N4O3. The zero-order chi connectivity index (χ0) is 20.1. The summed E-state index contributed by atoms with van der Waals surface area (Å²) in [5.74, 6) is -0.130. The van der Waals surface area contributed by atoms with Gasteiger partial charge in [0.15, 0.2) is 0 Å². The maximum atomic E-state index is 12.1. The van der Waals surface area contributed by atoms with E-state index in [1.807, 2.05) is 32.0 Å². The van der Waals surface area contributed by atoms with Crippen molar-refractivity contribution in [2.75, 3.05) is 11.9 Å². The van der Waals surface area contributed by atoms with Gasteiger partial charge in [-0.2, -0.15) is 0 Å². The van der Waals surface area contributed by atoms with E-state index in [1.165, 1.54) is 0 Å². The first-order chi connectivity index (χ1) is 13.4. The van der Waals surface area contributed by atoms with Crippen molar-refractivity contribution < 1.29 is 9.59 Å². The first-order valence-electron chi connectivity index (χ1n) is 9.05. The summed E-state index contributed by atoms with van der Waals surface area (Å²) >= 11 is 0. The van der Waals surface area contributed by atoms with E-state index in [0.29, 0.717) is 16.7 Å². The summed E-state index contributed by atoms with van der Waals surface area (Å²) in [7, 11) is 0. The van der Waals surface area contributed by atoms with Gasteiger partial charge in [-0.05, 0) is 37.1 Å². The molecular weight excluding hydrogens is 356 g/mol. The number of nitrogens with zero attached hydrogens (tertiary/aromatic N) is 1. The Balaban J connectivity index is 1.52. The van der Waals surface area contributed by atoms with Gasteiger partial charge in [0, 0.05) is 18.5 Å². The lowest BCUT2D eigenvalue weighted by Crippen LogP contribution is -2.33. The van der Waals surface area contributed by atoms with E-state index in [1.54, 1.807) is 24.3 Å². The molecule has 7 nitrogen and oxygen atoms in total. The Labute approximate surface area is 162 Å². The molecule has 28 heavy (non-hydrogen) atoms. The Morgan fingerprint density at radius 2 is 1.71 bits per heavy atom. The molecule has 0 saturated carbocycles. The number of nitrogens with one attached hydrogen (secondary N) is 3. The van der Waals surface area contributed by atoms with Crippen LogP contribution in [0.15, 0.2) is 47.3 Å². The zero-order valence-corrected chi connectivity index (χ0v) is 15.8. The number of aromatic amines is 1. The second-order valence-electron chi connectivity index (χ2n) is 6.62. The Kier molecular flexibility index (Phi) is 5.84. The summed E-state index contributed by atoms with van der Waals surface area (Å²) in [4.78, 5) is 43.2. The molecule has 0 bridgehead atoms. The Hall–Kier alpha value is -3.48. The van der Waals surface area contributed by atoms with Gasteiger partial charge >= 0.3 is 0 Å². The van der Waals surface area contributed by atoms with Crippen molar-refractivity contribution in [1.82, 2.24) is 15.3 Å². The van der Waals surface area contributed by atoms with Crippen LogP contribution >= 0.6 is 0 Å². The molecule has 0 radical (unpaired) electrons. The summed E-state index contributed by atoms with van der Waals surface area (Å²) in [6.45, 7) is 3.71. The lowest BCUT2D eigenvalue weighted by atomic mass is 10.1. The van der Waals surface area contributed by atoms with E-state index >= 15 is 0 Å². The predicted molar refractivity (Wildman–Crippen MR) is 108 cm³/mol. The maximum absolute atomic E-state index is 12.1. The normalized spacial score (nSPS) is 10.6. The highest BCUT2D eigenvalue weighted by Gasteiger charge is 2.10. The summed E-state index contributed by atoms with van der Waals surface area (Å²) in [5, 5.41) is 5.93. The van der Waals surface area contributed by atoms with Crippen LogP contribution in [0.2, 0.25) is 0 Å².